The molecular formula is C11H16BrN3. The van der Waals surface area contributed by atoms with E-state index in [1.807, 2.05) is 12.4 Å². The Bertz CT molecular complexity index is 323. The van der Waals surface area contributed by atoms with Crippen molar-refractivity contribution in [3.8, 4) is 0 Å². The molecule has 0 spiro atoms. The molecule has 0 radical (unpaired) electrons. The van der Waals surface area contributed by atoms with Gasteiger partial charge in [-0.05, 0) is 47.6 Å². The molecule has 0 aliphatic carbocycles. The van der Waals surface area contributed by atoms with Gasteiger partial charge in [0.05, 0.1) is 0 Å². The fourth-order valence-corrected chi connectivity index (χ4v) is 2.39. The lowest BCUT2D eigenvalue weighted by atomic mass is 10.2. The SMILES string of the molecule is CN(Cc1cncc(Br)c1)C1CCNC1. The summed E-state index contributed by atoms with van der Waals surface area (Å²) in [7, 11) is 2.18. The molecule has 0 aromatic carbocycles. The molecule has 2 heterocycles. The number of halogens is 1. The minimum Gasteiger partial charge on any atom is -0.315 e. The summed E-state index contributed by atoms with van der Waals surface area (Å²) in [4.78, 5) is 6.57. The average molecular weight is 270 g/mol. The van der Waals surface area contributed by atoms with Gasteiger partial charge in [-0.25, -0.2) is 0 Å². The van der Waals surface area contributed by atoms with Gasteiger partial charge in [-0.2, -0.15) is 0 Å². The minimum absolute atomic E-state index is 0.670. The summed E-state index contributed by atoms with van der Waals surface area (Å²) in [6.45, 7) is 3.22. The molecule has 4 heteroatoms. The van der Waals surface area contributed by atoms with Crippen LogP contribution in [0, 0.1) is 0 Å². The fourth-order valence-electron chi connectivity index (χ4n) is 1.98. The van der Waals surface area contributed by atoms with Crippen LogP contribution in [0.25, 0.3) is 0 Å². The normalized spacial score (nSPS) is 21.1. The zero-order valence-corrected chi connectivity index (χ0v) is 10.5. The Morgan fingerprint density at radius 2 is 2.47 bits per heavy atom. The highest BCUT2D eigenvalue weighted by molar-refractivity contribution is 9.10. The van der Waals surface area contributed by atoms with Gasteiger partial charge in [-0.1, -0.05) is 0 Å². The molecule has 1 fully saturated rings. The van der Waals surface area contributed by atoms with Crippen molar-refractivity contribution in [1.82, 2.24) is 15.2 Å². The van der Waals surface area contributed by atoms with Crippen molar-refractivity contribution in [2.24, 2.45) is 0 Å². The van der Waals surface area contributed by atoms with Gasteiger partial charge in [0.1, 0.15) is 0 Å². The average Bonchev–Trinajstić information content (AvgIpc) is 2.70. The molecular weight excluding hydrogens is 254 g/mol. The van der Waals surface area contributed by atoms with Gasteiger partial charge >= 0.3 is 0 Å². The second kappa shape index (κ2) is 5.05. The lowest BCUT2D eigenvalue weighted by Crippen LogP contribution is -2.32. The third-order valence-corrected chi connectivity index (χ3v) is 3.28. The van der Waals surface area contributed by atoms with E-state index in [9.17, 15) is 0 Å². The Balaban J connectivity index is 1.95. The smallest absolute Gasteiger partial charge is 0.0410 e. The fraction of sp³-hybridized carbons (Fsp3) is 0.545. The first-order chi connectivity index (χ1) is 7.25. The van der Waals surface area contributed by atoms with Gasteiger partial charge in [0.15, 0.2) is 0 Å². The van der Waals surface area contributed by atoms with Crippen LogP contribution >= 0.6 is 15.9 Å². The van der Waals surface area contributed by atoms with Crippen LogP contribution in [0.2, 0.25) is 0 Å². The summed E-state index contributed by atoms with van der Waals surface area (Å²) < 4.78 is 1.05. The number of nitrogens with zero attached hydrogens (tertiary/aromatic N) is 2. The van der Waals surface area contributed by atoms with Crippen LogP contribution in [-0.4, -0.2) is 36.1 Å². The Morgan fingerprint density at radius 3 is 3.13 bits per heavy atom. The molecule has 1 N–H and O–H groups in total. The van der Waals surface area contributed by atoms with E-state index >= 15 is 0 Å². The number of nitrogens with one attached hydrogen (secondary N) is 1. The van der Waals surface area contributed by atoms with E-state index in [2.05, 4.69) is 44.2 Å². The highest BCUT2D eigenvalue weighted by Gasteiger charge is 2.18. The van der Waals surface area contributed by atoms with Crippen LogP contribution in [-0.2, 0) is 6.54 Å². The number of pyridine rings is 1. The molecule has 3 nitrogen and oxygen atoms in total. The Hall–Kier alpha value is -0.450. The predicted octanol–water partition coefficient (Wildman–Crippen LogP) is 1.64. The van der Waals surface area contributed by atoms with Gasteiger partial charge in [0, 0.05) is 36.0 Å². The van der Waals surface area contributed by atoms with Crippen molar-refractivity contribution in [3.05, 3.63) is 28.5 Å². The molecule has 0 bridgehead atoms. The summed E-state index contributed by atoms with van der Waals surface area (Å²) >= 11 is 3.44. The minimum atomic E-state index is 0.670. The van der Waals surface area contributed by atoms with Gasteiger partial charge in [-0.15, -0.1) is 0 Å². The third kappa shape index (κ3) is 3.00. The maximum atomic E-state index is 4.17. The van der Waals surface area contributed by atoms with E-state index in [0.29, 0.717) is 6.04 Å². The first-order valence-corrected chi connectivity index (χ1v) is 6.05. The summed E-state index contributed by atoms with van der Waals surface area (Å²) in [6.07, 6.45) is 5.00. The van der Waals surface area contributed by atoms with E-state index < -0.39 is 0 Å². The van der Waals surface area contributed by atoms with E-state index in [1.165, 1.54) is 12.0 Å². The van der Waals surface area contributed by atoms with E-state index in [0.717, 1.165) is 24.1 Å². The Kier molecular flexibility index (Phi) is 3.72. The number of hydrogen-bond acceptors (Lipinski definition) is 3. The lowest BCUT2D eigenvalue weighted by molar-refractivity contribution is 0.248. The Morgan fingerprint density at radius 1 is 1.60 bits per heavy atom. The molecule has 15 heavy (non-hydrogen) atoms. The topological polar surface area (TPSA) is 28.2 Å². The van der Waals surface area contributed by atoms with Crippen molar-refractivity contribution in [2.45, 2.75) is 19.0 Å². The molecule has 1 aromatic rings. The molecule has 0 amide bonds. The molecule has 1 atom stereocenters. The van der Waals surface area contributed by atoms with E-state index in [1.54, 1.807) is 0 Å². The highest BCUT2D eigenvalue weighted by Crippen LogP contribution is 2.14. The predicted molar refractivity (Wildman–Crippen MR) is 64.7 cm³/mol. The van der Waals surface area contributed by atoms with Gasteiger partial charge in [0.25, 0.3) is 0 Å². The Labute approximate surface area is 99.0 Å². The summed E-state index contributed by atoms with van der Waals surface area (Å²) in [5.41, 5.74) is 1.26. The molecule has 1 aliphatic rings. The van der Waals surface area contributed by atoms with Crippen LogP contribution in [0.1, 0.15) is 12.0 Å². The summed E-state index contributed by atoms with van der Waals surface area (Å²) in [5.74, 6) is 0. The molecule has 1 aliphatic heterocycles. The second-order valence-corrected chi connectivity index (χ2v) is 4.99. The lowest BCUT2D eigenvalue weighted by Gasteiger charge is -2.23. The quantitative estimate of drug-likeness (QED) is 0.905. The summed E-state index contributed by atoms with van der Waals surface area (Å²) in [5, 5.41) is 3.38. The van der Waals surface area contributed by atoms with Crippen molar-refractivity contribution in [2.75, 3.05) is 20.1 Å². The van der Waals surface area contributed by atoms with Gasteiger partial charge in [0.2, 0.25) is 0 Å². The molecule has 2 rings (SSSR count). The zero-order chi connectivity index (χ0) is 10.7. The highest BCUT2D eigenvalue weighted by atomic mass is 79.9. The maximum absolute atomic E-state index is 4.17. The van der Waals surface area contributed by atoms with E-state index in [-0.39, 0.29) is 0 Å². The van der Waals surface area contributed by atoms with Crippen LogP contribution in [0.15, 0.2) is 22.9 Å². The largest absolute Gasteiger partial charge is 0.315 e. The van der Waals surface area contributed by atoms with Crippen molar-refractivity contribution in [3.63, 3.8) is 0 Å². The van der Waals surface area contributed by atoms with Crippen molar-refractivity contribution in [1.29, 1.82) is 0 Å². The first-order valence-electron chi connectivity index (χ1n) is 5.26. The van der Waals surface area contributed by atoms with E-state index in [4.69, 9.17) is 0 Å². The second-order valence-electron chi connectivity index (χ2n) is 4.07. The number of aromatic nitrogens is 1. The van der Waals surface area contributed by atoms with Gasteiger partial charge < -0.3 is 5.32 Å². The van der Waals surface area contributed by atoms with Gasteiger partial charge in [-0.3, -0.25) is 9.88 Å². The molecule has 1 aromatic heterocycles. The zero-order valence-electron chi connectivity index (χ0n) is 8.91. The van der Waals surface area contributed by atoms with Crippen LogP contribution < -0.4 is 5.32 Å². The van der Waals surface area contributed by atoms with Crippen LogP contribution in [0.5, 0.6) is 0 Å². The molecule has 82 valence electrons. The standard InChI is InChI=1S/C11H16BrN3/c1-15(11-2-3-13-7-11)8-9-4-10(12)6-14-5-9/h4-6,11,13H,2-3,7-8H2,1H3. The molecule has 0 saturated carbocycles. The third-order valence-electron chi connectivity index (χ3n) is 2.85. The number of rotatable bonds is 3. The van der Waals surface area contributed by atoms with Crippen molar-refractivity contribution >= 4 is 15.9 Å². The molecule has 1 saturated heterocycles. The number of hydrogen-bond donors (Lipinski definition) is 1. The number of likely N-dealkylation sites (N-methyl/N-ethyl adjacent to an activating group) is 1. The summed E-state index contributed by atoms with van der Waals surface area (Å²) in [6, 6.07) is 2.80. The maximum Gasteiger partial charge on any atom is 0.0410 e. The monoisotopic (exact) mass is 269 g/mol. The first kappa shape index (κ1) is 11.0. The van der Waals surface area contributed by atoms with Crippen LogP contribution in [0.4, 0.5) is 0 Å². The molecule has 1 unspecified atom stereocenters. The van der Waals surface area contributed by atoms with Crippen molar-refractivity contribution < 1.29 is 0 Å². The van der Waals surface area contributed by atoms with Crippen LogP contribution in [0.3, 0.4) is 0 Å².